The molecule has 0 saturated heterocycles. The highest BCUT2D eigenvalue weighted by Gasteiger charge is 2.10. The van der Waals surface area contributed by atoms with Crippen LogP contribution in [0.15, 0.2) is 58.2 Å². The van der Waals surface area contributed by atoms with Crippen molar-refractivity contribution in [3.63, 3.8) is 0 Å². The fraction of sp³-hybridized carbons (Fsp3) is 0.333. The van der Waals surface area contributed by atoms with Crippen LogP contribution in [-0.4, -0.2) is 66.9 Å². The molecule has 10 heteroatoms. The Hall–Kier alpha value is -2.89. The van der Waals surface area contributed by atoms with E-state index < -0.39 is 0 Å². The summed E-state index contributed by atoms with van der Waals surface area (Å²) < 4.78 is 16.2. The zero-order valence-electron chi connectivity index (χ0n) is 17.8. The van der Waals surface area contributed by atoms with Crippen molar-refractivity contribution < 1.29 is 14.0 Å². The molecule has 0 radical (unpaired) electrons. The number of pyridine rings is 1. The fourth-order valence-corrected chi connectivity index (χ4v) is 2.70. The SMILES string of the molecule is CN=C(NCCc1noc(-c2ccccn2)n1)N(C)CCOc1ccc(OC)cc1.I. The Morgan fingerprint density at radius 2 is 1.94 bits per heavy atom. The molecular weight excluding hydrogens is 511 g/mol. The molecule has 0 unspecified atom stereocenters. The van der Waals surface area contributed by atoms with E-state index in [0.717, 1.165) is 17.5 Å². The molecule has 9 nitrogen and oxygen atoms in total. The molecule has 0 saturated carbocycles. The average Bonchev–Trinajstić information content (AvgIpc) is 3.26. The monoisotopic (exact) mass is 538 g/mol. The molecule has 0 fully saturated rings. The third kappa shape index (κ3) is 7.39. The first-order chi connectivity index (χ1) is 14.7. The van der Waals surface area contributed by atoms with Crippen molar-refractivity contribution >= 4 is 29.9 Å². The Bertz CT molecular complexity index is 934. The van der Waals surface area contributed by atoms with Gasteiger partial charge in [0, 0.05) is 33.3 Å². The van der Waals surface area contributed by atoms with Gasteiger partial charge in [-0.3, -0.25) is 9.98 Å². The predicted molar refractivity (Wildman–Crippen MR) is 129 cm³/mol. The maximum atomic E-state index is 5.77. The van der Waals surface area contributed by atoms with Crippen molar-refractivity contribution in [1.82, 2.24) is 25.3 Å². The van der Waals surface area contributed by atoms with Gasteiger partial charge in [-0.25, -0.2) is 0 Å². The molecule has 0 aliphatic carbocycles. The molecule has 1 N–H and O–H groups in total. The lowest BCUT2D eigenvalue weighted by atomic mass is 10.3. The van der Waals surface area contributed by atoms with Gasteiger partial charge >= 0.3 is 0 Å². The molecule has 3 aromatic rings. The third-order valence-corrected chi connectivity index (χ3v) is 4.31. The van der Waals surface area contributed by atoms with Gasteiger partial charge in [0.15, 0.2) is 11.8 Å². The molecular formula is C21H27IN6O3. The Balaban J connectivity index is 0.00000341. The van der Waals surface area contributed by atoms with Gasteiger partial charge in [-0.1, -0.05) is 11.2 Å². The highest BCUT2D eigenvalue weighted by molar-refractivity contribution is 14.0. The highest BCUT2D eigenvalue weighted by atomic mass is 127. The van der Waals surface area contributed by atoms with Gasteiger partial charge in [0.2, 0.25) is 0 Å². The minimum atomic E-state index is 0. The van der Waals surface area contributed by atoms with Gasteiger partial charge in [-0.05, 0) is 36.4 Å². The Morgan fingerprint density at radius 3 is 2.61 bits per heavy atom. The molecule has 0 bridgehead atoms. The number of benzene rings is 1. The second-order valence-corrected chi connectivity index (χ2v) is 6.40. The zero-order chi connectivity index (χ0) is 21.2. The number of nitrogens with zero attached hydrogens (tertiary/aromatic N) is 5. The molecule has 166 valence electrons. The number of ether oxygens (including phenoxy) is 2. The first-order valence-corrected chi connectivity index (χ1v) is 9.62. The van der Waals surface area contributed by atoms with Gasteiger partial charge in [0.25, 0.3) is 5.89 Å². The minimum absolute atomic E-state index is 0. The first-order valence-electron chi connectivity index (χ1n) is 9.62. The second-order valence-electron chi connectivity index (χ2n) is 6.40. The normalized spacial score (nSPS) is 10.9. The number of rotatable bonds is 9. The molecule has 0 spiro atoms. The van der Waals surface area contributed by atoms with E-state index in [0.29, 0.717) is 43.5 Å². The van der Waals surface area contributed by atoms with Crippen molar-refractivity contribution in [2.45, 2.75) is 6.42 Å². The van der Waals surface area contributed by atoms with E-state index in [1.807, 2.05) is 54.4 Å². The third-order valence-electron chi connectivity index (χ3n) is 4.31. The van der Waals surface area contributed by atoms with Crippen LogP contribution in [0.25, 0.3) is 11.6 Å². The van der Waals surface area contributed by atoms with Crippen LogP contribution in [0.5, 0.6) is 11.5 Å². The lowest BCUT2D eigenvalue weighted by Crippen LogP contribution is -2.41. The van der Waals surface area contributed by atoms with Crippen LogP contribution in [0.2, 0.25) is 0 Å². The number of hydrogen-bond acceptors (Lipinski definition) is 7. The van der Waals surface area contributed by atoms with Crippen LogP contribution in [-0.2, 0) is 6.42 Å². The number of methoxy groups -OCH3 is 1. The zero-order valence-corrected chi connectivity index (χ0v) is 20.1. The maximum Gasteiger partial charge on any atom is 0.276 e. The van der Waals surface area contributed by atoms with E-state index in [4.69, 9.17) is 14.0 Å². The second kappa shape index (κ2) is 12.7. The molecule has 31 heavy (non-hydrogen) atoms. The summed E-state index contributed by atoms with van der Waals surface area (Å²) in [5, 5.41) is 7.30. The van der Waals surface area contributed by atoms with Crippen LogP contribution in [0.3, 0.4) is 0 Å². The van der Waals surface area contributed by atoms with E-state index >= 15 is 0 Å². The summed E-state index contributed by atoms with van der Waals surface area (Å²) in [5.41, 5.74) is 0.664. The molecule has 0 atom stereocenters. The summed E-state index contributed by atoms with van der Waals surface area (Å²) in [6.45, 7) is 1.83. The number of hydrogen-bond donors (Lipinski definition) is 1. The molecule has 0 amide bonds. The Morgan fingerprint density at radius 1 is 1.16 bits per heavy atom. The fourth-order valence-electron chi connectivity index (χ4n) is 2.70. The summed E-state index contributed by atoms with van der Waals surface area (Å²) in [5.74, 6) is 3.40. The van der Waals surface area contributed by atoms with Gasteiger partial charge in [0.1, 0.15) is 23.8 Å². The molecule has 1 aromatic carbocycles. The number of guanidine groups is 1. The van der Waals surface area contributed by atoms with Gasteiger partial charge in [0.05, 0.1) is 13.7 Å². The van der Waals surface area contributed by atoms with Gasteiger partial charge in [-0.2, -0.15) is 4.98 Å². The number of aliphatic imine (C=N–C) groups is 1. The summed E-state index contributed by atoms with van der Waals surface area (Å²) in [7, 11) is 5.35. The van der Waals surface area contributed by atoms with Crippen LogP contribution in [0.4, 0.5) is 0 Å². The van der Waals surface area contributed by atoms with E-state index in [1.54, 1.807) is 20.4 Å². The lowest BCUT2D eigenvalue weighted by Gasteiger charge is -2.22. The van der Waals surface area contributed by atoms with Crippen LogP contribution >= 0.6 is 24.0 Å². The van der Waals surface area contributed by atoms with Crippen LogP contribution < -0.4 is 14.8 Å². The maximum absolute atomic E-state index is 5.77. The van der Waals surface area contributed by atoms with E-state index in [1.165, 1.54) is 0 Å². The van der Waals surface area contributed by atoms with Crippen molar-refractivity contribution in [2.24, 2.45) is 4.99 Å². The largest absolute Gasteiger partial charge is 0.497 e. The molecule has 3 rings (SSSR count). The molecule has 2 aromatic heterocycles. The number of aromatic nitrogens is 3. The first kappa shape index (κ1) is 24.4. The summed E-state index contributed by atoms with van der Waals surface area (Å²) in [6.07, 6.45) is 2.30. The average molecular weight is 538 g/mol. The van der Waals surface area contributed by atoms with Crippen molar-refractivity contribution in [3.05, 3.63) is 54.5 Å². The van der Waals surface area contributed by atoms with Crippen molar-refractivity contribution in [3.8, 4) is 23.1 Å². The van der Waals surface area contributed by atoms with E-state index in [2.05, 4.69) is 25.4 Å². The van der Waals surface area contributed by atoms with Gasteiger partial charge in [-0.15, -0.1) is 24.0 Å². The predicted octanol–water partition coefficient (Wildman–Crippen LogP) is 2.89. The lowest BCUT2D eigenvalue weighted by molar-refractivity contribution is 0.281. The number of nitrogens with one attached hydrogen (secondary N) is 1. The van der Waals surface area contributed by atoms with Crippen LogP contribution in [0, 0.1) is 0 Å². The minimum Gasteiger partial charge on any atom is -0.497 e. The highest BCUT2D eigenvalue weighted by Crippen LogP contribution is 2.17. The Kier molecular flexibility index (Phi) is 10.0. The number of likely N-dealkylation sites (N-methyl/N-ethyl adjacent to an activating group) is 1. The molecule has 0 aliphatic rings. The van der Waals surface area contributed by atoms with Crippen molar-refractivity contribution in [1.29, 1.82) is 0 Å². The summed E-state index contributed by atoms with van der Waals surface area (Å²) in [6, 6.07) is 13.1. The van der Waals surface area contributed by atoms with E-state index in [9.17, 15) is 0 Å². The van der Waals surface area contributed by atoms with E-state index in [-0.39, 0.29) is 24.0 Å². The topological polar surface area (TPSA) is 97.9 Å². The van der Waals surface area contributed by atoms with Gasteiger partial charge < -0.3 is 24.2 Å². The quantitative estimate of drug-likeness (QED) is 0.253. The molecule has 0 aliphatic heterocycles. The van der Waals surface area contributed by atoms with Crippen molar-refractivity contribution in [2.75, 3.05) is 40.9 Å². The molecule has 2 heterocycles. The summed E-state index contributed by atoms with van der Waals surface area (Å²) >= 11 is 0. The Labute approximate surface area is 198 Å². The smallest absolute Gasteiger partial charge is 0.276 e. The number of halogens is 1. The standard InChI is InChI=1S/C21H26N6O3.HI/c1-22-21(27(2)14-15-29-17-9-7-16(28-3)8-10-17)24-13-11-19-25-20(30-26-19)18-6-4-5-12-23-18;/h4-10,12H,11,13-15H2,1-3H3,(H,22,24);1H. The summed E-state index contributed by atoms with van der Waals surface area (Å²) in [4.78, 5) is 14.9. The van der Waals surface area contributed by atoms with Crippen LogP contribution in [0.1, 0.15) is 5.82 Å².